The van der Waals surface area contributed by atoms with Crippen molar-refractivity contribution in [2.24, 2.45) is 0 Å². The van der Waals surface area contributed by atoms with Gasteiger partial charge in [-0.15, -0.1) is 0 Å². The fraction of sp³-hybridized carbons (Fsp3) is 0.391. The van der Waals surface area contributed by atoms with E-state index < -0.39 is 0 Å². The molecule has 3 rings (SSSR count). The normalized spacial score (nSPS) is 15.1. The summed E-state index contributed by atoms with van der Waals surface area (Å²) in [5.74, 6) is 0.802. The van der Waals surface area contributed by atoms with Gasteiger partial charge in [0.2, 0.25) is 5.91 Å². The fourth-order valence-corrected chi connectivity index (χ4v) is 3.44. The maximum absolute atomic E-state index is 12.4. The Labute approximate surface area is 172 Å². The van der Waals surface area contributed by atoms with E-state index in [9.17, 15) is 9.59 Å². The molecule has 0 saturated carbocycles. The number of rotatable bonds is 8. The Hall–Kier alpha value is -2.86. The first-order chi connectivity index (χ1) is 13.9. The average molecular weight is 396 g/mol. The van der Waals surface area contributed by atoms with E-state index in [-0.39, 0.29) is 30.4 Å². The van der Waals surface area contributed by atoms with Gasteiger partial charge in [-0.3, -0.25) is 9.59 Å². The Kier molecular flexibility index (Phi) is 6.88. The third-order valence-electron chi connectivity index (χ3n) is 5.28. The maximum Gasteiger partial charge on any atom is 0.262 e. The summed E-state index contributed by atoms with van der Waals surface area (Å²) < 4.78 is 5.51. The Morgan fingerprint density at radius 1 is 1.21 bits per heavy atom. The highest BCUT2D eigenvalue weighted by Crippen LogP contribution is 2.29. The quantitative estimate of drug-likeness (QED) is 0.721. The van der Waals surface area contributed by atoms with E-state index in [2.05, 4.69) is 34.6 Å². The van der Waals surface area contributed by atoms with Gasteiger partial charge < -0.3 is 20.3 Å². The maximum atomic E-state index is 12.4. The molecule has 29 heavy (non-hydrogen) atoms. The van der Waals surface area contributed by atoms with E-state index in [0.717, 1.165) is 12.0 Å². The predicted molar refractivity (Wildman–Crippen MR) is 114 cm³/mol. The molecule has 0 aliphatic carbocycles. The van der Waals surface area contributed by atoms with Crippen LogP contribution in [-0.2, 0) is 16.0 Å². The van der Waals surface area contributed by atoms with Gasteiger partial charge in [0.15, 0.2) is 6.61 Å². The summed E-state index contributed by atoms with van der Waals surface area (Å²) in [4.78, 5) is 26.0. The molecule has 2 aromatic rings. The van der Waals surface area contributed by atoms with Gasteiger partial charge in [-0.1, -0.05) is 43.3 Å². The van der Waals surface area contributed by atoms with Gasteiger partial charge in [-0.25, -0.2) is 0 Å². The van der Waals surface area contributed by atoms with Crippen molar-refractivity contribution in [3.05, 3.63) is 59.7 Å². The van der Waals surface area contributed by atoms with Crippen molar-refractivity contribution in [2.45, 2.75) is 31.7 Å². The molecule has 0 bridgehead atoms. The van der Waals surface area contributed by atoms with Crippen molar-refractivity contribution in [3.8, 4) is 5.75 Å². The first-order valence-electron chi connectivity index (χ1n) is 9.96. The van der Waals surface area contributed by atoms with E-state index in [1.165, 1.54) is 5.56 Å². The molecule has 2 N–H and O–H groups in total. The van der Waals surface area contributed by atoms with Crippen molar-refractivity contribution in [3.63, 3.8) is 0 Å². The van der Waals surface area contributed by atoms with Crippen LogP contribution in [0.2, 0.25) is 0 Å². The molecule has 0 saturated heterocycles. The van der Waals surface area contributed by atoms with E-state index in [1.54, 1.807) is 0 Å². The van der Waals surface area contributed by atoms with Crippen LogP contribution in [0.4, 0.5) is 5.69 Å². The van der Waals surface area contributed by atoms with Crippen molar-refractivity contribution in [1.29, 1.82) is 0 Å². The number of anilines is 1. The number of fused-ring (bicyclic) bond motifs is 1. The first-order valence-corrected chi connectivity index (χ1v) is 9.96. The molecular weight excluding hydrogens is 366 g/mol. The third kappa shape index (κ3) is 5.81. The summed E-state index contributed by atoms with van der Waals surface area (Å²) in [5, 5.41) is 5.89. The molecule has 6 heteroatoms. The number of carbonyl (C=O) groups excluding carboxylic acids is 2. The zero-order valence-electron chi connectivity index (χ0n) is 17.3. The summed E-state index contributed by atoms with van der Waals surface area (Å²) in [6.07, 6.45) is 1.24. The van der Waals surface area contributed by atoms with Crippen LogP contribution in [0.1, 0.15) is 30.4 Å². The number of benzene rings is 2. The number of hydrogen-bond donors (Lipinski definition) is 2. The highest BCUT2D eigenvalue weighted by molar-refractivity contribution is 5.95. The molecular formula is C23H29N3O3. The molecule has 6 nitrogen and oxygen atoms in total. The molecule has 154 valence electrons. The van der Waals surface area contributed by atoms with E-state index in [1.807, 2.05) is 50.5 Å². The number of amides is 2. The molecule has 2 atom stereocenters. The molecule has 1 aliphatic rings. The summed E-state index contributed by atoms with van der Waals surface area (Å²) in [5.41, 5.74) is 2.98. The van der Waals surface area contributed by atoms with Gasteiger partial charge in [-0.2, -0.15) is 0 Å². The van der Waals surface area contributed by atoms with Crippen LogP contribution >= 0.6 is 0 Å². The lowest BCUT2D eigenvalue weighted by Gasteiger charge is -2.26. The van der Waals surface area contributed by atoms with E-state index in [4.69, 9.17) is 4.74 Å². The van der Waals surface area contributed by atoms with E-state index in [0.29, 0.717) is 24.4 Å². The minimum Gasteiger partial charge on any atom is -0.482 e. The van der Waals surface area contributed by atoms with Crippen LogP contribution in [0.25, 0.3) is 0 Å². The summed E-state index contributed by atoms with van der Waals surface area (Å²) >= 11 is 0. The van der Waals surface area contributed by atoms with Gasteiger partial charge in [0, 0.05) is 19.0 Å². The minimum absolute atomic E-state index is 0.0449. The number of hydrogen-bond acceptors (Lipinski definition) is 4. The fourth-order valence-electron chi connectivity index (χ4n) is 3.44. The van der Waals surface area contributed by atoms with Crippen LogP contribution < -0.4 is 15.4 Å². The van der Waals surface area contributed by atoms with Crippen molar-refractivity contribution >= 4 is 17.5 Å². The zero-order valence-corrected chi connectivity index (χ0v) is 17.3. The Bertz CT molecular complexity index is 852. The highest BCUT2D eigenvalue weighted by Gasteiger charge is 2.19. The number of ether oxygens (including phenoxy) is 1. The van der Waals surface area contributed by atoms with E-state index >= 15 is 0 Å². The molecule has 2 amide bonds. The number of carbonyl (C=O) groups is 2. The van der Waals surface area contributed by atoms with Crippen molar-refractivity contribution in [2.75, 3.05) is 32.6 Å². The minimum atomic E-state index is -0.135. The van der Waals surface area contributed by atoms with Gasteiger partial charge in [-0.05, 0) is 49.7 Å². The Balaban J connectivity index is 1.55. The Morgan fingerprint density at radius 2 is 1.97 bits per heavy atom. The van der Waals surface area contributed by atoms with Crippen LogP contribution in [0.5, 0.6) is 5.75 Å². The van der Waals surface area contributed by atoms with Crippen LogP contribution in [-0.4, -0.2) is 50.0 Å². The van der Waals surface area contributed by atoms with Crippen molar-refractivity contribution < 1.29 is 14.3 Å². The number of likely N-dealkylation sites (N-methyl/N-ethyl adjacent to an activating group) is 1. The SMILES string of the molecule is C[C@@H](CC(=O)NC[C@H](Cc1ccc2c(c1)OCC(=O)N2)N(C)C)c1ccccc1. The van der Waals surface area contributed by atoms with Crippen LogP contribution in [0.15, 0.2) is 48.5 Å². The molecule has 1 heterocycles. The standard InChI is InChI=1S/C23H29N3O3/c1-16(18-7-5-4-6-8-18)11-22(27)24-14-19(26(2)3)12-17-9-10-20-21(13-17)29-15-23(28)25-20/h4-10,13,16,19H,11-12,14-15H2,1-3H3,(H,24,27)(H,25,28)/t16-,19-/m0/s1. The molecule has 0 fully saturated rings. The summed E-state index contributed by atoms with van der Waals surface area (Å²) in [6, 6.07) is 16.1. The average Bonchev–Trinajstić information content (AvgIpc) is 2.71. The van der Waals surface area contributed by atoms with Crippen LogP contribution in [0, 0.1) is 0 Å². The summed E-state index contributed by atoms with van der Waals surface area (Å²) in [7, 11) is 4.02. The monoisotopic (exact) mass is 395 g/mol. The summed E-state index contributed by atoms with van der Waals surface area (Å²) in [6.45, 7) is 2.69. The smallest absolute Gasteiger partial charge is 0.262 e. The topological polar surface area (TPSA) is 70.7 Å². The zero-order chi connectivity index (χ0) is 20.8. The van der Waals surface area contributed by atoms with Gasteiger partial charge in [0.05, 0.1) is 5.69 Å². The molecule has 2 aromatic carbocycles. The molecule has 1 aliphatic heterocycles. The lowest BCUT2D eigenvalue weighted by atomic mass is 9.97. The van der Waals surface area contributed by atoms with Gasteiger partial charge in [0.25, 0.3) is 5.91 Å². The largest absolute Gasteiger partial charge is 0.482 e. The second kappa shape index (κ2) is 9.56. The van der Waals surface area contributed by atoms with Gasteiger partial charge in [0.1, 0.15) is 5.75 Å². The lowest BCUT2D eigenvalue weighted by molar-refractivity contribution is -0.121. The third-order valence-corrected chi connectivity index (χ3v) is 5.28. The number of nitrogens with one attached hydrogen (secondary N) is 2. The second-order valence-corrected chi connectivity index (χ2v) is 7.81. The van der Waals surface area contributed by atoms with Gasteiger partial charge >= 0.3 is 0 Å². The molecule has 0 aromatic heterocycles. The second-order valence-electron chi connectivity index (χ2n) is 7.81. The Morgan fingerprint density at radius 3 is 2.69 bits per heavy atom. The highest BCUT2D eigenvalue weighted by atomic mass is 16.5. The molecule has 0 unspecified atom stereocenters. The molecule has 0 radical (unpaired) electrons. The molecule has 0 spiro atoms. The predicted octanol–water partition coefficient (Wildman–Crippen LogP) is 2.80. The van der Waals surface area contributed by atoms with Crippen molar-refractivity contribution in [1.82, 2.24) is 10.2 Å². The first kappa shape index (κ1) is 20.9. The lowest BCUT2D eigenvalue weighted by Crippen LogP contribution is -2.41. The van der Waals surface area contributed by atoms with Crippen LogP contribution in [0.3, 0.4) is 0 Å². The number of nitrogens with zero attached hydrogens (tertiary/aromatic N) is 1.